The molecule has 0 bridgehead atoms. The van der Waals surface area contributed by atoms with Gasteiger partial charge in [0.1, 0.15) is 13.5 Å². The second kappa shape index (κ2) is 23.4. The molecule has 2 atom stereocenters. The molecule has 3 N–H and O–H groups in total. The molecule has 2 rings (SSSR count). The average molecular weight is 625 g/mol. The third kappa shape index (κ3) is 16.2. The maximum absolute atomic E-state index is 11.8. The first kappa shape index (κ1) is 37.2. The second-order valence-electron chi connectivity index (χ2n) is 11.1. The Hall–Kier alpha value is -2.96. The molecule has 2 fully saturated rings. The Kier molecular flexibility index (Phi) is 19.8. The summed E-state index contributed by atoms with van der Waals surface area (Å²) in [4.78, 5) is 57.7. The van der Waals surface area contributed by atoms with Gasteiger partial charge in [0.15, 0.2) is 13.1 Å². The lowest BCUT2D eigenvalue weighted by Crippen LogP contribution is -2.44. The van der Waals surface area contributed by atoms with Gasteiger partial charge in [-0.05, 0) is 45.4 Å². The Morgan fingerprint density at radius 1 is 0.795 bits per heavy atom. The largest absolute Gasteiger partial charge is 0.462 e. The minimum atomic E-state index is -0.497. The van der Waals surface area contributed by atoms with Crippen molar-refractivity contribution in [1.82, 2.24) is 21.2 Å². The summed E-state index contributed by atoms with van der Waals surface area (Å²) < 4.78 is 13.4. The molecular weight excluding hydrogens is 572 g/mol. The molecule has 1 amide bonds. The van der Waals surface area contributed by atoms with E-state index >= 15 is 0 Å². The molecule has 14 nitrogen and oxygen atoms in total. The molecule has 2 aliphatic rings. The molecule has 44 heavy (non-hydrogen) atoms. The van der Waals surface area contributed by atoms with Crippen molar-refractivity contribution in [2.75, 3.05) is 52.9 Å². The maximum Gasteiger partial charge on any atom is 0.425 e. The summed E-state index contributed by atoms with van der Waals surface area (Å²) in [6.45, 7) is 8.11. The van der Waals surface area contributed by atoms with Crippen molar-refractivity contribution in [1.29, 1.82) is 0 Å². The van der Waals surface area contributed by atoms with Gasteiger partial charge in [-0.1, -0.05) is 24.6 Å². The highest BCUT2D eigenvalue weighted by Gasteiger charge is 2.26. The predicted octanol–water partition coefficient (Wildman–Crippen LogP) is 2.54. The highest BCUT2D eigenvalue weighted by atomic mass is 17.0. The summed E-state index contributed by atoms with van der Waals surface area (Å²) in [5.74, 6) is -0.455. The number of unbranched alkanes of at least 4 members (excludes halogenated alkanes) is 3. The molecule has 0 aromatic heterocycles. The molecule has 0 aromatic rings. The fourth-order valence-electron chi connectivity index (χ4n) is 4.91. The predicted molar refractivity (Wildman–Crippen MR) is 159 cm³/mol. The maximum atomic E-state index is 11.8. The zero-order chi connectivity index (χ0) is 31.8. The van der Waals surface area contributed by atoms with E-state index in [4.69, 9.17) is 19.1 Å². The van der Waals surface area contributed by atoms with Gasteiger partial charge in [0.05, 0.1) is 19.8 Å². The van der Waals surface area contributed by atoms with Gasteiger partial charge < -0.3 is 14.8 Å². The molecule has 0 spiro atoms. The lowest BCUT2D eigenvalue weighted by Gasteiger charge is -2.23. The van der Waals surface area contributed by atoms with Crippen molar-refractivity contribution in [3.63, 3.8) is 0 Å². The zero-order valence-corrected chi connectivity index (χ0v) is 26.3. The quantitative estimate of drug-likeness (QED) is 0.0349. The third-order valence-electron chi connectivity index (χ3n) is 7.44. The van der Waals surface area contributed by atoms with Gasteiger partial charge in [0.25, 0.3) is 0 Å². The molecule has 0 radical (unpaired) electrons. The molecule has 2 saturated heterocycles. The number of hydrogen-bond acceptors (Lipinski definition) is 11. The summed E-state index contributed by atoms with van der Waals surface area (Å²) in [7, 11) is 0. The fourth-order valence-corrected chi connectivity index (χ4v) is 4.91. The summed E-state index contributed by atoms with van der Waals surface area (Å²) in [5.41, 5.74) is 0.331. The summed E-state index contributed by atoms with van der Waals surface area (Å²) >= 11 is 0. The minimum Gasteiger partial charge on any atom is -0.462 e. The van der Waals surface area contributed by atoms with E-state index < -0.39 is 12.1 Å². The van der Waals surface area contributed by atoms with Gasteiger partial charge in [-0.15, -0.1) is 9.15 Å². The molecule has 14 heteroatoms. The van der Waals surface area contributed by atoms with E-state index in [-0.39, 0.29) is 39.0 Å². The van der Waals surface area contributed by atoms with Crippen LogP contribution in [0.15, 0.2) is 12.2 Å². The van der Waals surface area contributed by atoms with Crippen LogP contribution >= 0.6 is 0 Å². The monoisotopic (exact) mass is 624 g/mol. The minimum absolute atomic E-state index is 0.129. The molecule has 2 unspecified atom stereocenters. The van der Waals surface area contributed by atoms with Crippen LogP contribution in [0.25, 0.3) is 0 Å². The van der Waals surface area contributed by atoms with E-state index in [2.05, 4.69) is 22.5 Å². The Bertz CT molecular complexity index is 937. The SMILES string of the molecule is C=C(C)C(=O)OCCCOC(=O)NCCCCCCN(OCNC1CCCCC[N+]1=C=O)OCNC1CCCCC[N+]1=C=O. The first-order valence-corrected chi connectivity index (χ1v) is 16.0. The zero-order valence-electron chi connectivity index (χ0n) is 26.3. The number of nitrogens with one attached hydrogen (secondary N) is 3. The van der Waals surface area contributed by atoms with E-state index in [9.17, 15) is 19.2 Å². The number of rotatable bonds is 20. The number of carbonyl (C=O) groups is 2. The van der Waals surface area contributed by atoms with Crippen LogP contribution in [0.1, 0.15) is 90.4 Å². The van der Waals surface area contributed by atoms with Crippen LogP contribution in [0.2, 0.25) is 0 Å². The third-order valence-corrected chi connectivity index (χ3v) is 7.44. The summed E-state index contributed by atoms with van der Waals surface area (Å²) in [5, 5.41) is 10.7. The normalized spacial score (nSPS) is 19.0. The number of hydrogen-bond donors (Lipinski definition) is 3. The van der Waals surface area contributed by atoms with Crippen LogP contribution in [0.3, 0.4) is 0 Å². The van der Waals surface area contributed by atoms with Gasteiger partial charge >= 0.3 is 24.2 Å². The van der Waals surface area contributed by atoms with Gasteiger partial charge in [0.2, 0.25) is 12.3 Å². The van der Waals surface area contributed by atoms with Crippen LogP contribution in [-0.2, 0) is 33.5 Å². The smallest absolute Gasteiger partial charge is 0.425 e. The Morgan fingerprint density at radius 3 is 1.93 bits per heavy atom. The van der Waals surface area contributed by atoms with Gasteiger partial charge in [-0.25, -0.2) is 20.2 Å². The van der Waals surface area contributed by atoms with E-state index in [1.165, 1.54) is 5.23 Å². The Morgan fingerprint density at radius 2 is 1.36 bits per heavy atom. The lowest BCUT2D eigenvalue weighted by molar-refractivity contribution is -0.572. The van der Waals surface area contributed by atoms with Crippen LogP contribution < -0.4 is 16.0 Å². The van der Waals surface area contributed by atoms with Crippen molar-refractivity contribution in [2.24, 2.45) is 0 Å². The van der Waals surface area contributed by atoms with E-state index in [0.29, 0.717) is 38.2 Å². The second-order valence-corrected chi connectivity index (χ2v) is 11.1. The molecule has 2 aliphatic heterocycles. The molecular formula is C30H52N6O8+2. The van der Waals surface area contributed by atoms with Crippen LogP contribution in [0, 0.1) is 0 Å². The van der Waals surface area contributed by atoms with Gasteiger partial charge in [0, 0.05) is 44.2 Å². The number of nitrogens with zero attached hydrogens (tertiary/aromatic N) is 3. The van der Waals surface area contributed by atoms with Crippen molar-refractivity contribution in [3.8, 4) is 0 Å². The lowest BCUT2D eigenvalue weighted by atomic mass is 10.2. The number of esters is 1. The molecule has 2 heterocycles. The first-order valence-electron chi connectivity index (χ1n) is 16.0. The Labute approximate surface area is 260 Å². The summed E-state index contributed by atoms with van der Waals surface area (Å²) in [6.07, 6.45) is 14.9. The van der Waals surface area contributed by atoms with Crippen molar-refractivity contribution >= 4 is 24.2 Å². The molecule has 0 saturated carbocycles. The van der Waals surface area contributed by atoms with Crippen molar-refractivity contribution in [2.45, 2.75) is 103 Å². The van der Waals surface area contributed by atoms with Gasteiger partial charge in [-0.3, -0.25) is 9.68 Å². The Balaban J connectivity index is 1.67. The first-order chi connectivity index (χ1) is 21.4. The van der Waals surface area contributed by atoms with Crippen molar-refractivity contribution in [3.05, 3.63) is 12.2 Å². The highest BCUT2D eigenvalue weighted by molar-refractivity contribution is 5.86. The number of alkyl carbamates (subject to hydrolysis) is 1. The average Bonchev–Trinajstić information content (AvgIpc) is 3.39. The molecule has 248 valence electrons. The van der Waals surface area contributed by atoms with Crippen LogP contribution in [0.4, 0.5) is 4.79 Å². The standard InChI is InChI=1S/C30H51N6O8/c1-26(2)29(39)41-20-13-21-42-30(40)31-16-9-3-4-12-19-36(43-22-32-27-14-7-5-10-17-34(27)24-37)44-23-33-28-15-8-6-11-18-35(28)25-38/h27-28,32-33H,1,3-23H2,2H3/q+1/p+1. The highest BCUT2D eigenvalue weighted by Crippen LogP contribution is 2.12. The van der Waals surface area contributed by atoms with Gasteiger partial charge in [-0.2, -0.15) is 9.59 Å². The van der Waals surface area contributed by atoms with E-state index in [1.54, 1.807) is 16.1 Å². The van der Waals surface area contributed by atoms with Crippen LogP contribution in [0.5, 0.6) is 0 Å². The van der Waals surface area contributed by atoms with E-state index in [0.717, 1.165) is 77.0 Å². The van der Waals surface area contributed by atoms with E-state index in [1.807, 2.05) is 12.2 Å². The number of amides is 1. The molecule has 0 aromatic carbocycles. The number of hydroxylamine groups is 2. The van der Waals surface area contributed by atoms with Crippen molar-refractivity contribution < 1.29 is 47.5 Å². The number of ether oxygens (including phenoxy) is 2. The summed E-state index contributed by atoms with van der Waals surface area (Å²) in [6, 6.07) is 0. The van der Waals surface area contributed by atoms with Crippen LogP contribution in [-0.4, -0.2) is 104 Å². The number of carbonyl (C=O) groups excluding carboxylic acids is 4. The number of isocyanates is 2. The fraction of sp³-hybridized carbons (Fsp3) is 0.800. The molecule has 0 aliphatic carbocycles. The topological polar surface area (TPSA) is 151 Å².